The van der Waals surface area contributed by atoms with Crippen molar-refractivity contribution in [1.82, 2.24) is 10.6 Å². The van der Waals surface area contributed by atoms with Crippen molar-refractivity contribution in [3.63, 3.8) is 0 Å². The van der Waals surface area contributed by atoms with Gasteiger partial charge in [0.15, 0.2) is 5.96 Å². The maximum atomic E-state index is 4.24. The second kappa shape index (κ2) is 10.9. The van der Waals surface area contributed by atoms with Gasteiger partial charge in [-0.3, -0.25) is 4.99 Å². The predicted molar refractivity (Wildman–Crippen MR) is 90.8 cm³/mol. The van der Waals surface area contributed by atoms with Crippen LogP contribution in [0.4, 0.5) is 0 Å². The Balaban J connectivity index is 0.00000289. The zero-order valence-corrected chi connectivity index (χ0v) is 14.5. The lowest BCUT2D eigenvalue weighted by Gasteiger charge is -2.22. The Bertz CT molecular complexity index is 223. The number of rotatable bonds is 5. The van der Waals surface area contributed by atoms with Gasteiger partial charge < -0.3 is 10.6 Å². The molecule has 0 bridgehead atoms. The van der Waals surface area contributed by atoms with Crippen LogP contribution in [-0.4, -0.2) is 26.1 Å². The van der Waals surface area contributed by atoms with Gasteiger partial charge in [0.25, 0.3) is 0 Å². The molecule has 0 saturated heterocycles. The second-order valence-electron chi connectivity index (χ2n) is 5.57. The maximum Gasteiger partial charge on any atom is 0.190 e. The van der Waals surface area contributed by atoms with Crippen LogP contribution in [0, 0.1) is 11.8 Å². The average Bonchev–Trinajstić information content (AvgIpc) is 2.34. The molecule has 0 aromatic heterocycles. The van der Waals surface area contributed by atoms with Gasteiger partial charge in [-0.1, -0.05) is 46.0 Å². The standard InChI is InChI=1S/C14H29N3.HI/c1-12(2)11-17-14(15-3)16-10-9-13-7-5-4-6-8-13;/h12-13H,4-11H2,1-3H3,(H2,15,16,17);1H. The zero-order chi connectivity index (χ0) is 12.5. The van der Waals surface area contributed by atoms with E-state index in [1.807, 2.05) is 7.05 Å². The molecule has 0 aromatic rings. The Hall–Kier alpha value is 0. The zero-order valence-electron chi connectivity index (χ0n) is 12.2. The average molecular weight is 367 g/mol. The van der Waals surface area contributed by atoms with Crippen LogP contribution < -0.4 is 10.6 Å². The molecule has 1 aliphatic rings. The molecule has 1 fully saturated rings. The minimum Gasteiger partial charge on any atom is -0.356 e. The molecule has 3 nitrogen and oxygen atoms in total. The number of guanidine groups is 1. The van der Waals surface area contributed by atoms with Crippen molar-refractivity contribution in [2.24, 2.45) is 16.8 Å². The molecule has 0 atom stereocenters. The summed E-state index contributed by atoms with van der Waals surface area (Å²) in [6.07, 6.45) is 8.47. The van der Waals surface area contributed by atoms with Crippen molar-refractivity contribution >= 4 is 29.9 Å². The summed E-state index contributed by atoms with van der Waals surface area (Å²) in [5.41, 5.74) is 0. The van der Waals surface area contributed by atoms with Crippen LogP contribution in [0.25, 0.3) is 0 Å². The van der Waals surface area contributed by atoms with Crippen molar-refractivity contribution < 1.29 is 0 Å². The molecule has 0 heterocycles. The predicted octanol–water partition coefficient (Wildman–Crippen LogP) is 3.40. The Kier molecular flexibility index (Phi) is 10.9. The van der Waals surface area contributed by atoms with Gasteiger partial charge in [0, 0.05) is 20.1 Å². The van der Waals surface area contributed by atoms with Gasteiger partial charge >= 0.3 is 0 Å². The normalized spacial score (nSPS) is 17.4. The molecule has 1 saturated carbocycles. The van der Waals surface area contributed by atoms with Gasteiger partial charge in [-0.15, -0.1) is 24.0 Å². The third-order valence-electron chi connectivity index (χ3n) is 3.47. The summed E-state index contributed by atoms with van der Waals surface area (Å²) in [5.74, 6) is 2.56. The van der Waals surface area contributed by atoms with Gasteiger partial charge in [-0.2, -0.15) is 0 Å². The van der Waals surface area contributed by atoms with Gasteiger partial charge in [0.2, 0.25) is 0 Å². The topological polar surface area (TPSA) is 36.4 Å². The molecule has 108 valence electrons. The van der Waals surface area contributed by atoms with Crippen LogP contribution in [-0.2, 0) is 0 Å². The van der Waals surface area contributed by atoms with Crippen molar-refractivity contribution in [1.29, 1.82) is 0 Å². The van der Waals surface area contributed by atoms with E-state index in [0.29, 0.717) is 5.92 Å². The molecule has 1 rings (SSSR count). The van der Waals surface area contributed by atoms with Crippen molar-refractivity contribution in [2.75, 3.05) is 20.1 Å². The molecular weight excluding hydrogens is 337 g/mol. The monoisotopic (exact) mass is 367 g/mol. The highest BCUT2D eigenvalue weighted by atomic mass is 127. The summed E-state index contributed by atoms with van der Waals surface area (Å²) in [7, 11) is 1.84. The Morgan fingerprint density at radius 2 is 1.83 bits per heavy atom. The molecule has 0 aromatic carbocycles. The SMILES string of the molecule is CN=C(NCCC1CCCCC1)NCC(C)C.I. The molecule has 0 amide bonds. The number of nitrogens with one attached hydrogen (secondary N) is 2. The van der Waals surface area contributed by atoms with E-state index in [9.17, 15) is 0 Å². The quantitative estimate of drug-likeness (QED) is 0.444. The van der Waals surface area contributed by atoms with Gasteiger partial charge in [-0.25, -0.2) is 0 Å². The van der Waals surface area contributed by atoms with E-state index in [2.05, 4.69) is 29.5 Å². The van der Waals surface area contributed by atoms with Crippen LogP contribution >= 0.6 is 24.0 Å². The third kappa shape index (κ3) is 8.16. The summed E-state index contributed by atoms with van der Waals surface area (Å²) < 4.78 is 0. The molecule has 2 N–H and O–H groups in total. The highest BCUT2D eigenvalue weighted by Crippen LogP contribution is 2.25. The van der Waals surface area contributed by atoms with E-state index in [-0.39, 0.29) is 24.0 Å². The number of hydrogen-bond donors (Lipinski definition) is 2. The van der Waals surface area contributed by atoms with E-state index < -0.39 is 0 Å². The van der Waals surface area contributed by atoms with E-state index in [0.717, 1.165) is 25.0 Å². The first-order chi connectivity index (χ1) is 8.22. The van der Waals surface area contributed by atoms with Gasteiger partial charge in [0.05, 0.1) is 0 Å². The molecule has 18 heavy (non-hydrogen) atoms. The lowest BCUT2D eigenvalue weighted by molar-refractivity contribution is 0.339. The maximum absolute atomic E-state index is 4.24. The van der Waals surface area contributed by atoms with E-state index in [4.69, 9.17) is 0 Å². The van der Waals surface area contributed by atoms with Crippen LogP contribution in [0.2, 0.25) is 0 Å². The first-order valence-corrected chi connectivity index (χ1v) is 7.17. The summed E-state index contributed by atoms with van der Waals surface area (Å²) in [6, 6.07) is 0. The van der Waals surface area contributed by atoms with Crippen LogP contribution in [0.1, 0.15) is 52.4 Å². The first-order valence-electron chi connectivity index (χ1n) is 7.17. The summed E-state index contributed by atoms with van der Waals surface area (Å²) in [4.78, 5) is 4.24. The molecule has 1 aliphatic carbocycles. The Morgan fingerprint density at radius 1 is 1.17 bits per heavy atom. The lowest BCUT2D eigenvalue weighted by Crippen LogP contribution is -2.39. The fraction of sp³-hybridized carbons (Fsp3) is 0.929. The summed E-state index contributed by atoms with van der Waals surface area (Å²) >= 11 is 0. The highest BCUT2D eigenvalue weighted by Gasteiger charge is 2.12. The van der Waals surface area contributed by atoms with Gasteiger partial charge in [-0.05, 0) is 18.3 Å². The van der Waals surface area contributed by atoms with Crippen LogP contribution in [0.3, 0.4) is 0 Å². The number of hydrogen-bond acceptors (Lipinski definition) is 1. The minimum absolute atomic E-state index is 0. The van der Waals surface area contributed by atoms with Crippen molar-refractivity contribution in [3.8, 4) is 0 Å². The molecular formula is C14H30IN3. The summed E-state index contributed by atoms with van der Waals surface area (Å²) in [6.45, 7) is 6.47. The molecule has 0 spiro atoms. The molecule has 4 heteroatoms. The third-order valence-corrected chi connectivity index (χ3v) is 3.47. The van der Waals surface area contributed by atoms with Crippen LogP contribution in [0.5, 0.6) is 0 Å². The molecule has 0 radical (unpaired) electrons. The molecule has 0 unspecified atom stereocenters. The lowest BCUT2D eigenvalue weighted by atomic mass is 9.87. The number of halogens is 1. The Labute approximate surface area is 130 Å². The fourth-order valence-corrected chi connectivity index (χ4v) is 2.39. The van der Waals surface area contributed by atoms with Crippen molar-refractivity contribution in [2.45, 2.75) is 52.4 Å². The smallest absolute Gasteiger partial charge is 0.190 e. The van der Waals surface area contributed by atoms with E-state index in [1.54, 1.807) is 0 Å². The largest absolute Gasteiger partial charge is 0.356 e. The fourth-order valence-electron chi connectivity index (χ4n) is 2.39. The number of aliphatic imine (C=N–C) groups is 1. The number of nitrogens with zero attached hydrogens (tertiary/aromatic N) is 1. The minimum atomic E-state index is 0. The van der Waals surface area contributed by atoms with Crippen molar-refractivity contribution in [3.05, 3.63) is 0 Å². The second-order valence-corrected chi connectivity index (χ2v) is 5.57. The van der Waals surface area contributed by atoms with E-state index in [1.165, 1.54) is 38.5 Å². The molecule has 0 aliphatic heterocycles. The van der Waals surface area contributed by atoms with Gasteiger partial charge in [0.1, 0.15) is 0 Å². The van der Waals surface area contributed by atoms with E-state index >= 15 is 0 Å². The highest BCUT2D eigenvalue weighted by molar-refractivity contribution is 14.0. The summed E-state index contributed by atoms with van der Waals surface area (Å²) in [5, 5.41) is 6.76. The first kappa shape index (κ1) is 18.0. The Morgan fingerprint density at radius 3 is 2.39 bits per heavy atom. The van der Waals surface area contributed by atoms with Crippen LogP contribution in [0.15, 0.2) is 4.99 Å².